The summed E-state index contributed by atoms with van der Waals surface area (Å²) in [5.41, 5.74) is 5.48. The largest absolute Gasteiger partial charge is 0.482 e. The van der Waals surface area contributed by atoms with Crippen LogP contribution >= 0.6 is 15.9 Å². The number of anilines is 1. The van der Waals surface area contributed by atoms with Crippen molar-refractivity contribution in [2.24, 2.45) is 0 Å². The smallest absolute Gasteiger partial charge is 0.262 e. The van der Waals surface area contributed by atoms with Crippen molar-refractivity contribution in [3.8, 4) is 11.4 Å². The molecule has 8 heteroatoms. The second-order valence-corrected chi connectivity index (χ2v) is 8.21. The summed E-state index contributed by atoms with van der Waals surface area (Å²) in [6, 6.07) is 13.5. The van der Waals surface area contributed by atoms with E-state index in [1.54, 1.807) is 18.2 Å². The van der Waals surface area contributed by atoms with Crippen molar-refractivity contribution in [2.45, 2.75) is 20.8 Å². The Labute approximate surface area is 187 Å². The highest BCUT2D eigenvalue weighted by molar-refractivity contribution is 9.10. The molecule has 0 bridgehead atoms. The maximum absolute atomic E-state index is 13.2. The van der Waals surface area contributed by atoms with E-state index in [0.717, 1.165) is 21.2 Å². The Morgan fingerprint density at radius 1 is 1.03 bits per heavy atom. The lowest BCUT2D eigenvalue weighted by molar-refractivity contribution is -0.118. The summed E-state index contributed by atoms with van der Waals surface area (Å²) < 4.78 is 19.7. The number of benzene rings is 3. The first-order chi connectivity index (χ1) is 14.8. The van der Waals surface area contributed by atoms with Crippen molar-refractivity contribution < 1.29 is 13.9 Å². The number of fused-ring (bicyclic) bond motifs is 1. The molecule has 4 aromatic rings. The molecule has 0 radical (unpaired) electrons. The fourth-order valence-electron chi connectivity index (χ4n) is 3.30. The molecule has 31 heavy (non-hydrogen) atoms. The van der Waals surface area contributed by atoms with Crippen LogP contribution in [0.5, 0.6) is 5.75 Å². The Kier molecular flexibility index (Phi) is 5.73. The molecular weight excluding hydrogens is 463 g/mol. The number of ether oxygens (including phenoxy) is 1. The molecule has 0 fully saturated rings. The number of aryl methyl sites for hydroxylation is 3. The number of hydrogen-bond acceptors (Lipinski definition) is 4. The quantitative estimate of drug-likeness (QED) is 0.420. The zero-order valence-corrected chi connectivity index (χ0v) is 18.8. The van der Waals surface area contributed by atoms with E-state index < -0.39 is 0 Å². The van der Waals surface area contributed by atoms with Gasteiger partial charge in [0.05, 0.1) is 10.2 Å². The summed E-state index contributed by atoms with van der Waals surface area (Å²) in [5.74, 6) is 0.0480. The number of aromatic nitrogens is 3. The van der Waals surface area contributed by atoms with Crippen molar-refractivity contribution in [3.05, 3.63) is 75.5 Å². The molecule has 158 valence electrons. The van der Waals surface area contributed by atoms with E-state index in [-0.39, 0.29) is 18.3 Å². The highest BCUT2D eigenvalue weighted by Gasteiger charge is 2.13. The molecule has 1 amide bonds. The topological polar surface area (TPSA) is 69.0 Å². The predicted molar refractivity (Wildman–Crippen MR) is 121 cm³/mol. The molecule has 0 aliphatic heterocycles. The number of amides is 1. The van der Waals surface area contributed by atoms with Gasteiger partial charge in [-0.15, -0.1) is 10.2 Å². The number of nitrogens with one attached hydrogen (secondary N) is 1. The first kappa shape index (κ1) is 21.0. The minimum atomic E-state index is -0.323. The van der Waals surface area contributed by atoms with Crippen LogP contribution in [0.25, 0.3) is 16.7 Å². The SMILES string of the molecule is Cc1cc(C)c(OCC(=O)Nc2cc3nn(-c4ccc(F)cc4)nc3cc2C)c(Br)c1. The van der Waals surface area contributed by atoms with Crippen LogP contribution < -0.4 is 10.1 Å². The predicted octanol–water partition coefficient (Wildman–Crippen LogP) is 5.26. The third-order valence-corrected chi connectivity index (χ3v) is 5.37. The lowest BCUT2D eigenvalue weighted by atomic mass is 10.1. The fraction of sp³-hybridized carbons (Fsp3) is 0.174. The summed E-state index contributed by atoms with van der Waals surface area (Å²) in [4.78, 5) is 13.9. The van der Waals surface area contributed by atoms with Crippen LogP contribution in [-0.2, 0) is 4.79 Å². The van der Waals surface area contributed by atoms with Gasteiger partial charge in [-0.25, -0.2) is 4.39 Å². The van der Waals surface area contributed by atoms with Crippen LogP contribution in [-0.4, -0.2) is 27.5 Å². The van der Waals surface area contributed by atoms with E-state index in [2.05, 4.69) is 31.4 Å². The number of carbonyl (C=O) groups excluding carboxylic acids is 1. The van der Waals surface area contributed by atoms with E-state index in [0.29, 0.717) is 28.2 Å². The monoisotopic (exact) mass is 482 g/mol. The van der Waals surface area contributed by atoms with Crippen molar-refractivity contribution in [3.63, 3.8) is 0 Å². The van der Waals surface area contributed by atoms with E-state index >= 15 is 0 Å². The molecule has 0 aliphatic carbocycles. The summed E-state index contributed by atoms with van der Waals surface area (Å²) >= 11 is 3.48. The van der Waals surface area contributed by atoms with E-state index in [1.165, 1.54) is 16.9 Å². The first-order valence-electron chi connectivity index (χ1n) is 9.63. The standard InChI is InChI=1S/C23H20BrFN4O2/c1-13-8-15(3)23(18(24)9-13)31-12-22(30)26-19-11-21-20(10-14(19)2)27-29(28-21)17-6-4-16(25)5-7-17/h4-11H,12H2,1-3H3,(H,26,30). The third-order valence-electron chi connectivity index (χ3n) is 4.78. The molecule has 0 spiro atoms. The van der Waals surface area contributed by atoms with Gasteiger partial charge in [-0.2, -0.15) is 4.80 Å². The van der Waals surface area contributed by atoms with Crippen LogP contribution in [0.3, 0.4) is 0 Å². The lowest BCUT2D eigenvalue weighted by Gasteiger charge is -2.13. The van der Waals surface area contributed by atoms with E-state index in [4.69, 9.17) is 4.74 Å². The lowest BCUT2D eigenvalue weighted by Crippen LogP contribution is -2.21. The Morgan fingerprint density at radius 2 is 1.71 bits per heavy atom. The molecule has 1 aromatic heterocycles. The van der Waals surface area contributed by atoms with Gasteiger partial charge in [-0.1, -0.05) is 6.07 Å². The van der Waals surface area contributed by atoms with Gasteiger partial charge >= 0.3 is 0 Å². The van der Waals surface area contributed by atoms with Crippen molar-refractivity contribution >= 4 is 38.6 Å². The maximum atomic E-state index is 13.2. The van der Waals surface area contributed by atoms with E-state index in [1.807, 2.05) is 39.0 Å². The molecule has 4 rings (SSSR count). The number of hydrogen-bond donors (Lipinski definition) is 1. The number of carbonyl (C=O) groups is 1. The summed E-state index contributed by atoms with van der Waals surface area (Å²) in [7, 11) is 0. The molecule has 0 saturated heterocycles. The molecule has 0 atom stereocenters. The highest BCUT2D eigenvalue weighted by Crippen LogP contribution is 2.30. The second-order valence-electron chi connectivity index (χ2n) is 7.35. The van der Waals surface area contributed by atoms with Gasteiger partial charge in [-0.3, -0.25) is 4.79 Å². The fourth-order valence-corrected chi connectivity index (χ4v) is 4.09. The van der Waals surface area contributed by atoms with Crippen molar-refractivity contribution in [1.29, 1.82) is 0 Å². The van der Waals surface area contributed by atoms with Gasteiger partial charge in [-0.05, 0) is 95.9 Å². The highest BCUT2D eigenvalue weighted by atomic mass is 79.9. The molecule has 1 N–H and O–H groups in total. The number of halogens is 2. The minimum Gasteiger partial charge on any atom is -0.482 e. The van der Waals surface area contributed by atoms with Crippen LogP contribution in [0.1, 0.15) is 16.7 Å². The molecule has 0 unspecified atom stereocenters. The Bertz CT molecular complexity index is 1260. The molecule has 6 nitrogen and oxygen atoms in total. The average molecular weight is 483 g/mol. The average Bonchev–Trinajstić information content (AvgIpc) is 3.10. The maximum Gasteiger partial charge on any atom is 0.262 e. The van der Waals surface area contributed by atoms with Crippen LogP contribution in [0.15, 0.2) is 53.0 Å². The molecular formula is C23H20BrFN4O2. The van der Waals surface area contributed by atoms with Crippen LogP contribution in [0.2, 0.25) is 0 Å². The summed E-state index contributed by atoms with van der Waals surface area (Å²) in [6.45, 7) is 5.70. The Hall–Kier alpha value is -3.26. The molecule has 1 heterocycles. The molecule has 3 aromatic carbocycles. The number of rotatable bonds is 5. The zero-order valence-electron chi connectivity index (χ0n) is 17.2. The van der Waals surface area contributed by atoms with Gasteiger partial charge < -0.3 is 10.1 Å². The van der Waals surface area contributed by atoms with Crippen molar-refractivity contribution in [2.75, 3.05) is 11.9 Å². The Morgan fingerprint density at radius 3 is 2.39 bits per heavy atom. The van der Waals surface area contributed by atoms with Gasteiger partial charge in [0.2, 0.25) is 0 Å². The summed E-state index contributed by atoms with van der Waals surface area (Å²) in [6.07, 6.45) is 0. The van der Waals surface area contributed by atoms with Crippen LogP contribution in [0, 0.1) is 26.6 Å². The molecule has 0 aliphatic rings. The van der Waals surface area contributed by atoms with Gasteiger partial charge in [0.15, 0.2) is 6.61 Å². The third kappa shape index (κ3) is 4.59. The van der Waals surface area contributed by atoms with Crippen LogP contribution in [0.4, 0.5) is 10.1 Å². The zero-order chi connectivity index (χ0) is 22.1. The van der Waals surface area contributed by atoms with E-state index in [9.17, 15) is 9.18 Å². The minimum absolute atomic E-state index is 0.123. The van der Waals surface area contributed by atoms with Gasteiger partial charge in [0.1, 0.15) is 22.6 Å². The Balaban J connectivity index is 1.51. The summed E-state index contributed by atoms with van der Waals surface area (Å²) in [5, 5.41) is 11.8. The second kappa shape index (κ2) is 8.47. The van der Waals surface area contributed by atoms with Gasteiger partial charge in [0, 0.05) is 5.69 Å². The first-order valence-corrected chi connectivity index (χ1v) is 10.4. The van der Waals surface area contributed by atoms with Crippen molar-refractivity contribution in [1.82, 2.24) is 15.0 Å². The number of nitrogens with zero attached hydrogens (tertiary/aromatic N) is 3. The normalized spacial score (nSPS) is 11.0. The molecule has 0 saturated carbocycles. The van der Waals surface area contributed by atoms with Gasteiger partial charge in [0.25, 0.3) is 5.91 Å².